The van der Waals surface area contributed by atoms with Gasteiger partial charge in [0.05, 0.1) is 18.6 Å². The zero-order valence-corrected chi connectivity index (χ0v) is 19.3. The Kier molecular flexibility index (Phi) is 8.10. The van der Waals surface area contributed by atoms with Crippen LogP contribution in [0.15, 0.2) is 29.3 Å². The van der Waals surface area contributed by atoms with Crippen molar-refractivity contribution in [2.24, 2.45) is 0 Å². The van der Waals surface area contributed by atoms with Gasteiger partial charge in [0.2, 0.25) is 5.69 Å². The van der Waals surface area contributed by atoms with Crippen molar-refractivity contribution in [2.45, 2.75) is 37.0 Å². The third-order valence-electron chi connectivity index (χ3n) is 5.57. The summed E-state index contributed by atoms with van der Waals surface area (Å²) in [6, 6.07) is 9.76. The highest BCUT2D eigenvalue weighted by Gasteiger charge is 2.24. The Morgan fingerprint density at radius 1 is 1.25 bits per heavy atom. The van der Waals surface area contributed by atoms with E-state index in [1.165, 1.54) is 11.8 Å². The zero-order chi connectivity index (χ0) is 23.1. The molecule has 7 nitrogen and oxygen atoms in total. The number of benzene rings is 1. The van der Waals surface area contributed by atoms with Crippen molar-refractivity contribution in [3.63, 3.8) is 0 Å². The minimum atomic E-state index is -0.853. The van der Waals surface area contributed by atoms with Crippen molar-refractivity contribution < 1.29 is 9.90 Å². The lowest BCUT2D eigenvalue weighted by Gasteiger charge is -2.25. The van der Waals surface area contributed by atoms with E-state index in [0.717, 1.165) is 49.3 Å². The average molecular weight is 450 g/mol. The number of carbonyl (C=O) groups is 1. The normalized spacial score (nSPS) is 14.4. The largest absolute Gasteiger partial charge is 0.481 e. The van der Waals surface area contributed by atoms with Crippen molar-refractivity contribution in [2.75, 3.05) is 38.1 Å². The maximum Gasteiger partial charge on any atom is 0.307 e. The van der Waals surface area contributed by atoms with Gasteiger partial charge in [0.15, 0.2) is 0 Å². The van der Waals surface area contributed by atoms with E-state index in [4.69, 9.17) is 16.7 Å². The molecule has 1 aromatic carbocycles. The molecule has 0 spiro atoms. The lowest BCUT2D eigenvalue weighted by atomic mass is 10.1. The molecule has 0 aliphatic carbocycles. The highest BCUT2D eigenvalue weighted by atomic mass is 32.2. The molecule has 1 N–H and O–H groups in total. The SMILES string of the molecule is [C-]#[N+]c1c(N2CCCN(C)CC2)nc(SCc2ccc(CC(=O)O)cc2)c(C#N)c1CC. The molecule has 0 saturated carbocycles. The van der Waals surface area contributed by atoms with Crippen LogP contribution in [0, 0.1) is 17.9 Å². The molecule has 166 valence electrons. The lowest BCUT2D eigenvalue weighted by Crippen LogP contribution is -2.29. The number of aliphatic carboxylic acids is 1. The van der Waals surface area contributed by atoms with Crippen LogP contribution in [0.1, 0.15) is 35.6 Å². The van der Waals surface area contributed by atoms with Crippen molar-refractivity contribution >= 4 is 29.2 Å². The lowest BCUT2D eigenvalue weighted by molar-refractivity contribution is -0.136. The summed E-state index contributed by atoms with van der Waals surface area (Å²) in [7, 11) is 2.10. The Morgan fingerprint density at radius 3 is 2.59 bits per heavy atom. The Morgan fingerprint density at radius 2 is 1.97 bits per heavy atom. The third-order valence-corrected chi connectivity index (χ3v) is 6.62. The minimum Gasteiger partial charge on any atom is -0.481 e. The predicted octanol–water partition coefficient (Wildman–Crippen LogP) is 4.13. The molecule has 3 rings (SSSR count). The number of pyridine rings is 1. The predicted molar refractivity (Wildman–Crippen MR) is 126 cm³/mol. The highest BCUT2D eigenvalue weighted by Crippen LogP contribution is 2.39. The minimum absolute atomic E-state index is 0.000110. The second-order valence-corrected chi connectivity index (χ2v) is 8.80. The van der Waals surface area contributed by atoms with Gasteiger partial charge in [0.1, 0.15) is 16.9 Å². The van der Waals surface area contributed by atoms with Gasteiger partial charge < -0.3 is 14.9 Å². The van der Waals surface area contributed by atoms with E-state index in [9.17, 15) is 10.1 Å². The third kappa shape index (κ3) is 5.59. The van der Waals surface area contributed by atoms with Gasteiger partial charge in [-0.15, -0.1) is 11.8 Å². The molecule has 1 aliphatic heterocycles. The van der Waals surface area contributed by atoms with Crippen LogP contribution >= 0.6 is 11.8 Å². The Balaban J connectivity index is 1.91. The highest BCUT2D eigenvalue weighted by molar-refractivity contribution is 7.98. The zero-order valence-electron chi connectivity index (χ0n) is 18.5. The van der Waals surface area contributed by atoms with Gasteiger partial charge in [0.25, 0.3) is 0 Å². The summed E-state index contributed by atoms with van der Waals surface area (Å²) >= 11 is 1.49. The van der Waals surface area contributed by atoms with E-state index in [2.05, 4.69) is 27.8 Å². The molecule has 0 amide bonds. The van der Waals surface area contributed by atoms with Crippen LogP contribution in [0.2, 0.25) is 0 Å². The molecule has 0 radical (unpaired) electrons. The first kappa shape index (κ1) is 23.6. The summed E-state index contributed by atoms with van der Waals surface area (Å²) in [5, 5.41) is 19.5. The maximum atomic E-state index is 10.9. The van der Waals surface area contributed by atoms with Crippen LogP contribution < -0.4 is 4.90 Å². The van der Waals surface area contributed by atoms with Gasteiger partial charge in [-0.1, -0.05) is 31.2 Å². The second-order valence-electron chi connectivity index (χ2n) is 7.84. The van der Waals surface area contributed by atoms with Crippen molar-refractivity contribution in [3.05, 3.63) is 57.9 Å². The van der Waals surface area contributed by atoms with Crippen LogP contribution in [-0.4, -0.2) is 54.2 Å². The van der Waals surface area contributed by atoms with Gasteiger partial charge in [-0.3, -0.25) is 4.79 Å². The summed E-state index contributed by atoms with van der Waals surface area (Å²) in [5.74, 6) is 0.442. The number of carboxylic acids is 1. The van der Waals surface area contributed by atoms with Gasteiger partial charge in [0, 0.05) is 25.4 Å². The van der Waals surface area contributed by atoms with Gasteiger partial charge >= 0.3 is 5.97 Å². The fourth-order valence-electron chi connectivity index (χ4n) is 3.83. The Labute approximate surface area is 193 Å². The van der Waals surface area contributed by atoms with Crippen LogP contribution in [0.3, 0.4) is 0 Å². The van der Waals surface area contributed by atoms with Crippen LogP contribution in [-0.2, 0) is 23.4 Å². The van der Waals surface area contributed by atoms with Crippen molar-refractivity contribution in [3.8, 4) is 6.07 Å². The molecule has 2 aromatic rings. The first-order valence-corrected chi connectivity index (χ1v) is 11.7. The number of anilines is 1. The summed E-state index contributed by atoms with van der Waals surface area (Å²) < 4.78 is 0. The van der Waals surface area contributed by atoms with Crippen LogP contribution in [0.4, 0.5) is 11.5 Å². The smallest absolute Gasteiger partial charge is 0.307 e. The molecular formula is C24H27N5O2S. The van der Waals surface area contributed by atoms with E-state index in [1.54, 1.807) is 0 Å². The van der Waals surface area contributed by atoms with Gasteiger partial charge in [-0.05, 0) is 43.1 Å². The average Bonchev–Trinajstić information content (AvgIpc) is 3.01. The van der Waals surface area contributed by atoms with Crippen LogP contribution in [0.5, 0.6) is 0 Å². The van der Waals surface area contributed by atoms with Crippen LogP contribution in [0.25, 0.3) is 4.85 Å². The molecule has 0 bridgehead atoms. The van der Waals surface area contributed by atoms with E-state index < -0.39 is 5.97 Å². The molecule has 1 saturated heterocycles. The topological polar surface area (TPSA) is 84.8 Å². The molecule has 0 atom stereocenters. The summed E-state index contributed by atoms with van der Waals surface area (Å²) in [6.45, 7) is 13.3. The number of hydrogen-bond acceptors (Lipinski definition) is 6. The van der Waals surface area contributed by atoms with Crippen molar-refractivity contribution in [1.82, 2.24) is 9.88 Å². The number of hydrogen-bond donors (Lipinski definition) is 1. The number of nitriles is 1. The van der Waals surface area contributed by atoms with E-state index in [0.29, 0.717) is 34.3 Å². The number of thioether (sulfide) groups is 1. The summed E-state index contributed by atoms with van der Waals surface area (Å²) in [6.07, 6.45) is 1.60. The number of aromatic nitrogens is 1. The van der Waals surface area contributed by atoms with Gasteiger partial charge in [-0.25, -0.2) is 9.83 Å². The Hall–Kier alpha value is -3.07. The van der Waals surface area contributed by atoms with Gasteiger partial charge in [-0.2, -0.15) is 5.26 Å². The summed E-state index contributed by atoms with van der Waals surface area (Å²) in [4.78, 5) is 24.0. The van der Waals surface area contributed by atoms with E-state index in [1.807, 2.05) is 31.2 Å². The van der Waals surface area contributed by atoms with Crippen molar-refractivity contribution in [1.29, 1.82) is 5.26 Å². The number of rotatable bonds is 7. The number of likely N-dealkylation sites (N-methyl/N-ethyl adjacent to an activating group) is 1. The van der Waals surface area contributed by atoms with E-state index in [-0.39, 0.29) is 6.42 Å². The standard InChI is InChI=1S/C24H27N5O2S/c1-4-19-20(15-25)24(32-16-18-8-6-17(7-9-18)14-21(30)31)27-23(22(19)26-2)29-11-5-10-28(3)12-13-29/h6-9H,4-5,10-14,16H2,1,3H3,(H,30,31). The molecular weight excluding hydrogens is 422 g/mol. The quantitative estimate of drug-likeness (QED) is 0.502. The molecule has 32 heavy (non-hydrogen) atoms. The first-order chi connectivity index (χ1) is 15.5. The monoisotopic (exact) mass is 449 g/mol. The molecule has 2 heterocycles. The van der Waals surface area contributed by atoms with E-state index >= 15 is 0 Å². The molecule has 1 aliphatic rings. The summed E-state index contributed by atoms with van der Waals surface area (Å²) in [5.41, 5.74) is 3.53. The fourth-order valence-corrected chi connectivity index (χ4v) is 4.79. The first-order valence-electron chi connectivity index (χ1n) is 10.7. The number of carboxylic acid groups (broad SMARTS) is 1. The Bertz CT molecular complexity index is 1060. The fraction of sp³-hybridized carbons (Fsp3) is 0.417. The molecule has 1 fully saturated rings. The molecule has 1 aromatic heterocycles. The number of nitrogens with zero attached hydrogens (tertiary/aromatic N) is 5. The maximum absolute atomic E-state index is 10.9. The second kappa shape index (κ2) is 11.0. The molecule has 0 unspecified atom stereocenters. The molecule has 8 heteroatoms.